The third-order valence-corrected chi connectivity index (χ3v) is 5.48. The molecule has 2 heteroatoms. The lowest BCUT2D eigenvalue weighted by Crippen LogP contribution is -2.29. The largest absolute Gasteiger partial charge is 0.374 e. The summed E-state index contributed by atoms with van der Waals surface area (Å²) < 4.78 is 7.07. The van der Waals surface area contributed by atoms with E-state index < -0.39 is 0 Å². The third-order valence-electron chi connectivity index (χ3n) is 4.05. The van der Waals surface area contributed by atoms with E-state index in [9.17, 15) is 0 Å². The fourth-order valence-corrected chi connectivity index (χ4v) is 3.99. The van der Waals surface area contributed by atoms with Gasteiger partial charge in [0.15, 0.2) is 0 Å². The highest BCUT2D eigenvalue weighted by Gasteiger charge is 2.30. The summed E-state index contributed by atoms with van der Waals surface area (Å²) in [6.45, 7) is 2.32. The molecule has 4 atom stereocenters. The molecule has 2 saturated carbocycles. The van der Waals surface area contributed by atoms with Gasteiger partial charge in [0, 0.05) is 3.92 Å². The third kappa shape index (κ3) is 3.32. The number of alkyl halides is 1. The van der Waals surface area contributed by atoms with Crippen molar-refractivity contribution < 1.29 is 4.74 Å². The lowest BCUT2D eigenvalue weighted by Gasteiger charge is -2.31. The van der Waals surface area contributed by atoms with Gasteiger partial charge in [-0.2, -0.15) is 0 Å². The van der Waals surface area contributed by atoms with Gasteiger partial charge in [0.25, 0.3) is 0 Å². The topological polar surface area (TPSA) is 9.23 Å². The molecule has 2 aliphatic rings. The van der Waals surface area contributed by atoms with Crippen LogP contribution in [0, 0.1) is 5.92 Å². The highest BCUT2D eigenvalue weighted by Crippen LogP contribution is 2.34. The van der Waals surface area contributed by atoms with Crippen LogP contribution in [-0.4, -0.2) is 16.1 Å². The zero-order chi connectivity index (χ0) is 10.7. The van der Waals surface area contributed by atoms with Gasteiger partial charge < -0.3 is 4.74 Å². The molecule has 2 fully saturated rings. The van der Waals surface area contributed by atoms with Gasteiger partial charge in [-0.15, -0.1) is 0 Å². The number of rotatable bonds is 3. The van der Waals surface area contributed by atoms with Crippen LogP contribution >= 0.6 is 22.6 Å². The van der Waals surface area contributed by atoms with Gasteiger partial charge in [0.2, 0.25) is 0 Å². The van der Waals surface area contributed by atoms with E-state index in [4.69, 9.17) is 4.74 Å². The summed E-state index contributed by atoms with van der Waals surface area (Å²) >= 11 is 2.58. The molecule has 0 amide bonds. The van der Waals surface area contributed by atoms with E-state index in [1.165, 1.54) is 51.4 Å². The Morgan fingerprint density at radius 2 is 1.93 bits per heavy atom. The van der Waals surface area contributed by atoms with Crippen LogP contribution in [0.3, 0.4) is 0 Å². The van der Waals surface area contributed by atoms with Crippen molar-refractivity contribution in [1.29, 1.82) is 0 Å². The summed E-state index contributed by atoms with van der Waals surface area (Å²) in [6, 6.07) is 0. The molecule has 0 N–H and O–H groups in total. The van der Waals surface area contributed by atoms with Gasteiger partial charge in [0.1, 0.15) is 0 Å². The van der Waals surface area contributed by atoms with Gasteiger partial charge in [-0.25, -0.2) is 0 Å². The number of ether oxygens (including phenoxy) is 1. The number of hydrogen-bond acceptors (Lipinski definition) is 1. The SMILES string of the molecule is CCC1CCCC(OC2CCCC2I)C1. The molecule has 0 saturated heterocycles. The maximum atomic E-state index is 6.29. The fourth-order valence-electron chi connectivity index (χ4n) is 3.02. The predicted octanol–water partition coefficient (Wildman–Crippen LogP) is 4.33. The number of hydrogen-bond donors (Lipinski definition) is 0. The van der Waals surface area contributed by atoms with E-state index in [1.807, 2.05) is 0 Å². The molecule has 0 aromatic rings. The molecule has 0 aliphatic heterocycles. The van der Waals surface area contributed by atoms with Crippen molar-refractivity contribution in [2.24, 2.45) is 5.92 Å². The summed E-state index contributed by atoms with van der Waals surface area (Å²) in [5.41, 5.74) is 0. The van der Waals surface area contributed by atoms with E-state index in [1.54, 1.807) is 0 Å². The second-order valence-corrected chi connectivity index (χ2v) is 6.78. The molecule has 0 heterocycles. The Labute approximate surface area is 107 Å². The first-order chi connectivity index (χ1) is 7.29. The van der Waals surface area contributed by atoms with E-state index in [-0.39, 0.29) is 0 Å². The lowest BCUT2D eigenvalue weighted by atomic mass is 9.85. The van der Waals surface area contributed by atoms with Gasteiger partial charge >= 0.3 is 0 Å². The van der Waals surface area contributed by atoms with Crippen LogP contribution in [0.1, 0.15) is 58.3 Å². The monoisotopic (exact) mass is 322 g/mol. The number of halogens is 1. The molecule has 0 radical (unpaired) electrons. The quantitative estimate of drug-likeness (QED) is 0.555. The first-order valence-corrected chi connectivity index (χ1v) is 7.83. The van der Waals surface area contributed by atoms with Crippen molar-refractivity contribution in [1.82, 2.24) is 0 Å². The van der Waals surface area contributed by atoms with E-state index in [0.717, 1.165) is 9.84 Å². The lowest BCUT2D eigenvalue weighted by molar-refractivity contribution is -0.0332. The average Bonchev–Trinajstić information content (AvgIpc) is 2.65. The Balaban J connectivity index is 1.78. The zero-order valence-corrected chi connectivity index (χ0v) is 11.9. The van der Waals surface area contributed by atoms with Crippen molar-refractivity contribution in [2.45, 2.75) is 74.4 Å². The zero-order valence-electron chi connectivity index (χ0n) is 9.75. The molecule has 4 unspecified atom stereocenters. The highest BCUT2D eigenvalue weighted by molar-refractivity contribution is 14.1. The molecule has 1 nitrogen and oxygen atoms in total. The van der Waals surface area contributed by atoms with Crippen molar-refractivity contribution in [3.63, 3.8) is 0 Å². The molecule has 2 aliphatic carbocycles. The Morgan fingerprint density at radius 1 is 1.13 bits per heavy atom. The van der Waals surface area contributed by atoms with Gasteiger partial charge in [0.05, 0.1) is 12.2 Å². The second kappa shape index (κ2) is 5.85. The van der Waals surface area contributed by atoms with Crippen LogP contribution in [0.2, 0.25) is 0 Å². The molecule has 0 aromatic heterocycles. The van der Waals surface area contributed by atoms with Crippen molar-refractivity contribution in [3.05, 3.63) is 0 Å². The minimum absolute atomic E-state index is 0.575. The van der Waals surface area contributed by atoms with E-state index in [2.05, 4.69) is 29.5 Å². The molecular formula is C13H23IO. The van der Waals surface area contributed by atoms with E-state index >= 15 is 0 Å². The van der Waals surface area contributed by atoms with Crippen LogP contribution in [0.15, 0.2) is 0 Å². The molecule has 0 aromatic carbocycles. The Bertz CT molecular complexity index is 195. The first kappa shape index (κ1) is 12.2. The standard InChI is InChI=1S/C13H23IO/c1-2-10-5-3-6-11(9-10)15-13-8-4-7-12(13)14/h10-13H,2-9H2,1H3. The van der Waals surface area contributed by atoms with Crippen LogP contribution < -0.4 is 0 Å². The minimum Gasteiger partial charge on any atom is -0.374 e. The highest BCUT2D eigenvalue weighted by atomic mass is 127. The molecule has 15 heavy (non-hydrogen) atoms. The van der Waals surface area contributed by atoms with Gasteiger partial charge in [-0.1, -0.05) is 48.8 Å². The predicted molar refractivity (Wildman–Crippen MR) is 72.6 cm³/mol. The average molecular weight is 322 g/mol. The maximum Gasteiger partial charge on any atom is 0.0696 e. The summed E-state index contributed by atoms with van der Waals surface area (Å²) in [7, 11) is 0. The molecule has 0 spiro atoms. The van der Waals surface area contributed by atoms with Crippen molar-refractivity contribution in [2.75, 3.05) is 0 Å². The molecule has 0 bridgehead atoms. The van der Waals surface area contributed by atoms with Crippen LogP contribution in [0.4, 0.5) is 0 Å². The molecular weight excluding hydrogens is 299 g/mol. The van der Waals surface area contributed by atoms with E-state index in [0.29, 0.717) is 12.2 Å². The van der Waals surface area contributed by atoms with Gasteiger partial charge in [-0.3, -0.25) is 0 Å². The Morgan fingerprint density at radius 3 is 2.60 bits per heavy atom. The van der Waals surface area contributed by atoms with Crippen molar-refractivity contribution >= 4 is 22.6 Å². The van der Waals surface area contributed by atoms with Crippen LogP contribution in [0.5, 0.6) is 0 Å². The molecule has 2 rings (SSSR count). The van der Waals surface area contributed by atoms with Crippen LogP contribution in [-0.2, 0) is 4.74 Å². The minimum atomic E-state index is 0.575. The summed E-state index contributed by atoms with van der Waals surface area (Å²) in [5.74, 6) is 0.942. The fraction of sp³-hybridized carbons (Fsp3) is 1.00. The molecule has 88 valence electrons. The van der Waals surface area contributed by atoms with Crippen molar-refractivity contribution in [3.8, 4) is 0 Å². The van der Waals surface area contributed by atoms with Crippen LogP contribution in [0.25, 0.3) is 0 Å². The van der Waals surface area contributed by atoms with Gasteiger partial charge in [-0.05, 0) is 38.0 Å². The first-order valence-electron chi connectivity index (χ1n) is 6.59. The second-order valence-electron chi connectivity index (χ2n) is 5.18. The summed E-state index contributed by atoms with van der Waals surface area (Å²) in [5, 5.41) is 0. The maximum absolute atomic E-state index is 6.29. The Kier molecular flexibility index (Phi) is 4.74. The summed E-state index contributed by atoms with van der Waals surface area (Å²) in [4.78, 5) is 0. The summed E-state index contributed by atoms with van der Waals surface area (Å²) in [6.07, 6.45) is 12.0. The smallest absolute Gasteiger partial charge is 0.0696 e. The Hall–Kier alpha value is 0.690. The normalized spacial score (nSPS) is 42.0.